The maximum Gasteiger partial charge on any atom is 0.303 e. The van der Waals surface area contributed by atoms with Gasteiger partial charge in [0.05, 0.1) is 5.69 Å². The lowest BCUT2D eigenvalue weighted by atomic mass is 9.76. The molecule has 13 nitrogen and oxygen atoms in total. The number of aromatic nitrogens is 1. The van der Waals surface area contributed by atoms with Crippen LogP contribution in [-0.4, -0.2) is 107 Å². The Kier molecular flexibility index (Phi) is 16.9. The predicted molar refractivity (Wildman–Crippen MR) is 227 cm³/mol. The molecule has 6 rings (SSSR count). The van der Waals surface area contributed by atoms with Gasteiger partial charge < -0.3 is 23.8 Å². The van der Waals surface area contributed by atoms with E-state index in [2.05, 4.69) is 69.8 Å². The Bertz CT molecular complexity index is 1970. The van der Waals surface area contributed by atoms with Crippen molar-refractivity contribution in [2.75, 3.05) is 32.8 Å². The van der Waals surface area contributed by atoms with Crippen LogP contribution in [0.15, 0.2) is 33.3 Å². The zero-order chi connectivity index (χ0) is 43.8. The number of amides is 1. The summed E-state index contributed by atoms with van der Waals surface area (Å²) in [5.41, 5.74) is 6.21. The van der Waals surface area contributed by atoms with E-state index in [9.17, 15) is 32.7 Å². The molecule has 3 aliphatic heterocycles. The average Bonchev–Trinajstić information content (AvgIpc) is 3.37. The number of esters is 3. The number of nitrogens with zero attached hydrogens (tertiary/aromatic N) is 3. The van der Waals surface area contributed by atoms with Crippen molar-refractivity contribution in [1.82, 2.24) is 14.8 Å². The molecule has 1 aromatic heterocycles. The van der Waals surface area contributed by atoms with Crippen molar-refractivity contribution in [2.24, 2.45) is 17.8 Å². The van der Waals surface area contributed by atoms with Gasteiger partial charge in [-0.25, -0.2) is 0 Å². The number of carbonyl (C=O) groups is 6. The highest BCUT2D eigenvalue weighted by molar-refractivity contribution is 9.10. The number of likely N-dealkylation sites (tertiary alicyclic amines) is 2. The summed E-state index contributed by atoms with van der Waals surface area (Å²) in [7, 11) is 0. The quantitative estimate of drug-likeness (QED) is 0.115. The molecule has 0 saturated carbocycles. The molecule has 3 fully saturated rings. The number of benzene rings is 1. The number of rotatable bonds is 10. The molecular formula is C43H50Br2FN3O10S. The van der Waals surface area contributed by atoms with E-state index in [1.165, 1.54) is 29.2 Å². The van der Waals surface area contributed by atoms with Gasteiger partial charge in [-0.05, 0) is 108 Å². The Morgan fingerprint density at radius 2 is 1.52 bits per heavy atom. The highest BCUT2D eigenvalue weighted by Crippen LogP contribution is 2.46. The van der Waals surface area contributed by atoms with Gasteiger partial charge in [0.25, 0.3) is 5.12 Å². The van der Waals surface area contributed by atoms with Crippen molar-refractivity contribution in [3.63, 3.8) is 0 Å². The monoisotopic (exact) mass is 977 g/mol. The lowest BCUT2D eigenvalue weighted by Gasteiger charge is -2.49. The van der Waals surface area contributed by atoms with E-state index in [4.69, 9.17) is 23.9 Å². The molecule has 324 valence electrons. The Hall–Kier alpha value is -3.69. The molecule has 1 amide bonds. The van der Waals surface area contributed by atoms with Crippen molar-refractivity contribution in [3.8, 4) is 12.8 Å². The van der Waals surface area contributed by atoms with Crippen LogP contribution >= 0.6 is 44.0 Å². The van der Waals surface area contributed by atoms with Crippen LogP contribution in [0.2, 0.25) is 0 Å². The molecule has 6 unspecified atom stereocenters. The van der Waals surface area contributed by atoms with Crippen LogP contribution in [-0.2, 0) is 60.6 Å². The minimum atomic E-state index is -1.56. The highest BCUT2D eigenvalue weighted by Gasteiger charge is 2.56. The fourth-order valence-corrected chi connectivity index (χ4v) is 10.6. The van der Waals surface area contributed by atoms with Crippen molar-refractivity contribution < 1.29 is 51.6 Å². The maximum atomic E-state index is 13.8. The fraction of sp³-hybridized carbons (Fsp3) is 0.558. The summed E-state index contributed by atoms with van der Waals surface area (Å²) in [6.45, 7) is 6.98. The maximum absolute atomic E-state index is 13.8. The van der Waals surface area contributed by atoms with E-state index < -0.39 is 78.0 Å². The van der Waals surface area contributed by atoms with Gasteiger partial charge in [-0.2, -0.15) is 3.89 Å². The van der Waals surface area contributed by atoms with Gasteiger partial charge in [0.1, 0.15) is 37.0 Å². The number of ketones is 1. The topological polar surface area (TPSA) is 159 Å². The Morgan fingerprint density at radius 1 is 0.883 bits per heavy atom. The van der Waals surface area contributed by atoms with Crippen molar-refractivity contribution in [3.05, 3.63) is 61.3 Å². The minimum absolute atomic E-state index is 0.0135. The molecule has 0 N–H and O–H groups in total. The number of hydrogen-bond donors (Lipinski definition) is 0. The van der Waals surface area contributed by atoms with E-state index in [0.717, 1.165) is 54.2 Å². The summed E-state index contributed by atoms with van der Waals surface area (Å²) in [6, 6.07) is 6.66. The van der Waals surface area contributed by atoms with Gasteiger partial charge in [0.15, 0.2) is 12.2 Å². The number of Topliss-reactive ketones (excluding diaryl/α,β-unsaturated/α-hetero) is 1. The van der Waals surface area contributed by atoms with Gasteiger partial charge in [-0.15, -0.1) is 12.8 Å². The molecule has 0 bridgehead atoms. The van der Waals surface area contributed by atoms with E-state index in [1.807, 2.05) is 11.1 Å². The van der Waals surface area contributed by atoms with E-state index in [-0.39, 0.29) is 17.7 Å². The molecule has 3 saturated heterocycles. The molecule has 0 spiro atoms. The lowest BCUT2D eigenvalue weighted by molar-refractivity contribution is -0.257. The summed E-state index contributed by atoms with van der Waals surface area (Å²) < 4.78 is 38.0. The van der Waals surface area contributed by atoms with Crippen LogP contribution in [0.3, 0.4) is 0 Å². The van der Waals surface area contributed by atoms with Gasteiger partial charge in [0.2, 0.25) is 11.7 Å². The van der Waals surface area contributed by atoms with Crippen molar-refractivity contribution in [1.29, 1.82) is 0 Å². The predicted octanol–water partition coefficient (Wildman–Crippen LogP) is 6.22. The van der Waals surface area contributed by atoms with Crippen molar-refractivity contribution in [2.45, 2.75) is 103 Å². The molecule has 1 aromatic carbocycles. The number of pyridine rings is 1. The summed E-state index contributed by atoms with van der Waals surface area (Å²) >= 11 is 6.74. The molecule has 4 heterocycles. The third kappa shape index (κ3) is 11.2. The molecule has 17 heteroatoms. The molecule has 2 aromatic rings. The van der Waals surface area contributed by atoms with Gasteiger partial charge in [-0.1, -0.05) is 22.0 Å². The highest BCUT2D eigenvalue weighted by atomic mass is 79.9. The third-order valence-electron chi connectivity index (χ3n) is 11.7. The second-order valence-electron chi connectivity index (χ2n) is 15.7. The van der Waals surface area contributed by atoms with Gasteiger partial charge in [0, 0.05) is 74.4 Å². The Labute approximate surface area is 371 Å². The number of carbonyl (C=O) groups excluding carboxylic acids is 6. The summed E-state index contributed by atoms with van der Waals surface area (Å²) in [5, 5.41) is -1.43. The molecule has 0 radical (unpaired) electrons. The first-order valence-corrected chi connectivity index (χ1v) is 22.2. The number of terminal acetylenes is 1. The summed E-state index contributed by atoms with van der Waals surface area (Å²) in [5.74, 6) is -4.60. The van der Waals surface area contributed by atoms with Crippen LogP contribution in [0.1, 0.15) is 86.7 Å². The SMILES string of the molecule is C#C.CC(=O)OCC1OC(N2CCC(CC(=O)N3CCC(C4c5ncc(Br)cc5CCc5cc(C)cc(Br)c54)CC3)CC2)C(C(=O)C(=O)SF)C(OC(C)=O)C1OC(C)=O. The summed E-state index contributed by atoms with van der Waals surface area (Å²) in [6.07, 6.45) is 9.40. The normalized spacial score (nSPS) is 24.6. The van der Waals surface area contributed by atoms with Gasteiger partial charge in [-0.3, -0.25) is 38.7 Å². The lowest BCUT2D eigenvalue weighted by Crippen LogP contribution is -2.65. The van der Waals surface area contributed by atoms with E-state index >= 15 is 0 Å². The number of aryl methyl sites for hydroxylation is 3. The number of halogens is 3. The Balaban J connectivity index is 0.00000336. The third-order valence-corrected chi connectivity index (χ3v) is 13.2. The fourth-order valence-electron chi connectivity index (χ4n) is 9.17. The van der Waals surface area contributed by atoms with Crippen LogP contribution in [0, 0.1) is 37.5 Å². The Morgan fingerprint density at radius 3 is 2.13 bits per heavy atom. The van der Waals surface area contributed by atoms with Crippen LogP contribution in [0.25, 0.3) is 0 Å². The number of ether oxygens (including phenoxy) is 4. The standard InChI is InChI=1S/C41H48Br2FN3O10S.C2H2/c1-21-15-27-5-6-28-18-29(42)19-45-36(28)34(33(27)30(43)16-21)26-9-13-46(14-10-26)32(51)17-25-7-11-47(12-8-25)40-35(37(52)41(53)58-44)39(56-24(4)50)38(55-23(3)49)31(57-40)20-54-22(2)48;1-2/h15-16,18-19,25-26,31,34-35,38-40H,5-14,17,20H2,1-4H3;1-2H. The van der Waals surface area contributed by atoms with Crippen molar-refractivity contribution >= 4 is 78.7 Å². The number of fused-ring (bicyclic) bond motifs is 2. The second-order valence-corrected chi connectivity index (χ2v) is 18.0. The molecular weight excluding hydrogens is 929 g/mol. The second kappa shape index (κ2) is 21.4. The number of hydrogen-bond acceptors (Lipinski definition) is 13. The zero-order valence-electron chi connectivity index (χ0n) is 34.0. The molecule has 60 heavy (non-hydrogen) atoms. The first-order valence-electron chi connectivity index (χ1n) is 19.9. The minimum Gasteiger partial charge on any atom is -0.463 e. The molecule has 1 aliphatic carbocycles. The first-order chi connectivity index (χ1) is 28.6. The van der Waals surface area contributed by atoms with Crippen LogP contribution < -0.4 is 0 Å². The average molecular weight is 980 g/mol. The first kappa shape index (κ1) is 47.4. The zero-order valence-corrected chi connectivity index (χ0v) is 38.0. The number of piperidine rings is 2. The molecule has 4 aliphatic rings. The van der Waals surface area contributed by atoms with E-state index in [0.29, 0.717) is 51.4 Å². The largest absolute Gasteiger partial charge is 0.463 e. The summed E-state index contributed by atoms with van der Waals surface area (Å²) in [4.78, 5) is 84.7. The van der Waals surface area contributed by atoms with Gasteiger partial charge >= 0.3 is 17.9 Å². The molecule has 6 atom stereocenters. The van der Waals surface area contributed by atoms with Crippen LogP contribution in [0.5, 0.6) is 0 Å². The smallest absolute Gasteiger partial charge is 0.303 e. The van der Waals surface area contributed by atoms with Crippen LogP contribution in [0.4, 0.5) is 3.89 Å². The van der Waals surface area contributed by atoms with E-state index in [1.54, 1.807) is 4.90 Å².